The number of anilines is 2. The highest BCUT2D eigenvalue weighted by Crippen LogP contribution is 2.74. The molecule has 0 spiro atoms. The normalized spacial score (nSPS) is 22.6. The topological polar surface area (TPSA) is 140 Å². The van der Waals surface area contributed by atoms with E-state index in [1.807, 2.05) is 18.2 Å². The third-order valence-corrected chi connectivity index (χ3v) is 10.8. The van der Waals surface area contributed by atoms with Crippen molar-refractivity contribution in [3.05, 3.63) is 36.0 Å². The summed E-state index contributed by atoms with van der Waals surface area (Å²) < 4.78 is 27.7. The van der Waals surface area contributed by atoms with Crippen molar-refractivity contribution < 1.29 is 23.7 Å². The summed E-state index contributed by atoms with van der Waals surface area (Å²) in [7, 11) is -2.84. The van der Waals surface area contributed by atoms with Gasteiger partial charge in [-0.3, -0.25) is 9.11 Å². The Hall–Kier alpha value is -2.44. The van der Waals surface area contributed by atoms with E-state index in [9.17, 15) is 13.9 Å². The van der Waals surface area contributed by atoms with E-state index >= 15 is 0 Å². The molecule has 2 amide bonds. The molecular weight excluding hydrogens is 494 g/mol. The van der Waals surface area contributed by atoms with Gasteiger partial charge in [-0.25, -0.2) is 14.8 Å². The number of morpholine rings is 1. The van der Waals surface area contributed by atoms with E-state index in [1.165, 1.54) is 0 Å². The Morgan fingerprint density at radius 1 is 1.24 bits per heavy atom. The van der Waals surface area contributed by atoms with Crippen molar-refractivity contribution >= 4 is 28.1 Å². The zero-order valence-corrected chi connectivity index (χ0v) is 22.2. The Kier molecular flexibility index (Phi) is 7.34. The molecule has 202 valence electrons. The van der Waals surface area contributed by atoms with E-state index in [-0.39, 0.29) is 23.9 Å². The predicted molar refractivity (Wildman–Crippen MR) is 145 cm³/mol. The number of nitrogens with one attached hydrogen (secondary N) is 2. The second kappa shape index (κ2) is 10.4. The van der Waals surface area contributed by atoms with Gasteiger partial charge in [0.2, 0.25) is 0 Å². The lowest BCUT2D eigenvalue weighted by atomic mass is 9.81. The highest BCUT2D eigenvalue weighted by atomic mass is 32.3. The summed E-state index contributed by atoms with van der Waals surface area (Å²) in [5.41, 5.74) is 2.09. The molecule has 5 N–H and O–H groups in total. The number of hydrogen-bond donors (Lipinski definition) is 5. The smallest absolute Gasteiger partial charge is 0.319 e. The van der Waals surface area contributed by atoms with Crippen LogP contribution in [0.15, 0.2) is 30.3 Å². The van der Waals surface area contributed by atoms with Crippen molar-refractivity contribution in [3.63, 3.8) is 0 Å². The number of amides is 2. The molecule has 3 aliphatic rings. The SMILES string of the molecule is C[C@H](CO)NC(=O)Nc1ccc(-c2nc(N3CCOC[C@@H]3C)cc(C3(S(O)(O)C4CC4)CCC3)n2)cc1. The van der Waals surface area contributed by atoms with E-state index in [0.717, 1.165) is 30.6 Å². The number of aromatic nitrogens is 2. The van der Waals surface area contributed by atoms with Gasteiger partial charge in [0.25, 0.3) is 0 Å². The van der Waals surface area contributed by atoms with Gasteiger partial charge in [-0.1, -0.05) is 0 Å². The van der Waals surface area contributed by atoms with Crippen molar-refractivity contribution in [1.29, 1.82) is 0 Å². The van der Waals surface area contributed by atoms with E-state index in [2.05, 4.69) is 22.5 Å². The van der Waals surface area contributed by atoms with E-state index < -0.39 is 21.4 Å². The molecule has 1 aliphatic heterocycles. The first kappa shape index (κ1) is 26.2. The quantitative estimate of drug-likeness (QED) is 0.342. The predicted octanol–water partition coefficient (Wildman–Crippen LogP) is 4.16. The lowest BCUT2D eigenvalue weighted by Crippen LogP contribution is -2.45. The maximum Gasteiger partial charge on any atom is 0.319 e. The van der Waals surface area contributed by atoms with Gasteiger partial charge in [0.15, 0.2) is 5.82 Å². The molecule has 1 aromatic heterocycles. The van der Waals surface area contributed by atoms with Gasteiger partial charge in [-0.15, -0.1) is 0 Å². The van der Waals surface area contributed by atoms with Crippen LogP contribution in [0, 0.1) is 0 Å². The van der Waals surface area contributed by atoms with Crippen LogP contribution in [-0.4, -0.2) is 73.9 Å². The number of ether oxygens (including phenoxy) is 1. The largest absolute Gasteiger partial charge is 0.394 e. The lowest BCUT2D eigenvalue weighted by molar-refractivity contribution is 0.0985. The molecule has 0 radical (unpaired) electrons. The minimum absolute atomic E-state index is 0.0398. The molecule has 0 unspecified atom stereocenters. The second-order valence-corrected chi connectivity index (χ2v) is 13.1. The number of urea groups is 1. The first-order valence-electron chi connectivity index (χ1n) is 13.0. The summed E-state index contributed by atoms with van der Waals surface area (Å²) in [4.78, 5) is 24.2. The van der Waals surface area contributed by atoms with Crippen molar-refractivity contribution in [2.75, 3.05) is 36.6 Å². The number of carbonyl (C=O) groups is 1. The van der Waals surface area contributed by atoms with Crippen LogP contribution in [0.25, 0.3) is 11.4 Å². The summed E-state index contributed by atoms with van der Waals surface area (Å²) in [5, 5.41) is 14.5. The van der Waals surface area contributed by atoms with Gasteiger partial charge >= 0.3 is 6.03 Å². The summed E-state index contributed by atoms with van der Waals surface area (Å²) in [5.74, 6) is 1.29. The van der Waals surface area contributed by atoms with Crippen LogP contribution >= 0.6 is 10.6 Å². The third-order valence-electron chi connectivity index (χ3n) is 7.62. The zero-order chi connectivity index (χ0) is 26.2. The fourth-order valence-electron chi connectivity index (χ4n) is 5.07. The van der Waals surface area contributed by atoms with Crippen molar-refractivity contribution in [1.82, 2.24) is 15.3 Å². The molecule has 2 heterocycles. The maximum atomic E-state index is 12.1. The molecule has 11 heteroatoms. The summed E-state index contributed by atoms with van der Waals surface area (Å²) >= 11 is 0. The summed E-state index contributed by atoms with van der Waals surface area (Å²) in [6.07, 6.45) is 4.08. The Labute approximate surface area is 219 Å². The van der Waals surface area contributed by atoms with E-state index in [1.54, 1.807) is 19.1 Å². The van der Waals surface area contributed by atoms with Crippen LogP contribution in [0.1, 0.15) is 51.6 Å². The lowest BCUT2D eigenvalue weighted by Gasteiger charge is -2.56. The zero-order valence-electron chi connectivity index (χ0n) is 21.4. The minimum atomic E-state index is -2.84. The molecule has 1 saturated heterocycles. The number of aliphatic hydroxyl groups excluding tert-OH is 1. The van der Waals surface area contributed by atoms with Crippen LogP contribution in [0.3, 0.4) is 0 Å². The molecule has 37 heavy (non-hydrogen) atoms. The second-order valence-electron chi connectivity index (χ2n) is 10.5. The van der Waals surface area contributed by atoms with Crippen molar-refractivity contribution in [2.45, 2.75) is 68.0 Å². The Balaban J connectivity index is 1.49. The van der Waals surface area contributed by atoms with Crippen LogP contribution in [0.5, 0.6) is 0 Å². The molecule has 5 rings (SSSR count). The molecule has 3 fully saturated rings. The Bertz CT molecular complexity index is 1120. The number of carbonyl (C=O) groups excluding carboxylic acids is 1. The molecule has 2 atom stereocenters. The van der Waals surface area contributed by atoms with Crippen LogP contribution < -0.4 is 15.5 Å². The highest BCUT2D eigenvalue weighted by molar-refractivity contribution is 8.25. The van der Waals surface area contributed by atoms with Gasteiger partial charge in [0.05, 0.1) is 37.6 Å². The van der Waals surface area contributed by atoms with Gasteiger partial charge in [0, 0.05) is 29.1 Å². The number of nitrogens with zero attached hydrogens (tertiary/aromatic N) is 3. The molecule has 2 aromatic rings. The molecular formula is C26H37N5O5S. The van der Waals surface area contributed by atoms with Gasteiger partial charge < -0.3 is 25.4 Å². The van der Waals surface area contributed by atoms with Crippen molar-refractivity contribution in [3.8, 4) is 11.4 Å². The molecule has 0 bridgehead atoms. The van der Waals surface area contributed by atoms with Gasteiger partial charge in [0.1, 0.15) is 10.6 Å². The number of hydrogen-bond acceptors (Lipinski definition) is 8. The Morgan fingerprint density at radius 2 is 1.97 bits per heavy atom. The van der Waals surface area contributed by atoms with E-state index in [0.29, 0.717) is 49.8 Å². The molecule has 10 nitrogen and oxygen atoms in total. The Morgan fingerprint density at radius 3 is 2.57 bits per heavy atom. The maximum absolute atomic E-state index is 12.1. The van der Waals surface area contributed by atoms with E-state index in [4.69, 9.17) is 19.8 Å². The average Bonchev–Trinajstić information content (AvgIpc) is 3.70. The van der Waals surface area contributed by atoms with Crippen molar-refractivity contribution in [2.24, 2.45) is 0 Å². The van der Waals surface area contributed by atoms with Gasteiger partial charge in [-0.05, 0) is 70.2 Å². The molecule has 1 aromatic carbocycles. The summed E-state index contributed by atoms with van der Waals surface area (Å²) in [6.45, 7) is 5.59. The van der Waals surface area contributed by atoms with Gasteiger partial charge in [-0.2, -0.15) is 10.6 Å². The summed E-state index contributed by atoms with van der Waals surface area (Å²) in [6, 6.07) is 8.62. The average molecular weight is 532 g/mol. The fourth-order valence-corrected chi connectivity index (χ4v) is 7.81. The molecule has 2 aliphatic carbocycles. The highest BCUT2D eigenvalue weighted by Gasteiger charge is 2.56. The number of aliphatic hydroxyl groups is 1. The molecule has 2 saturated carbocycles. The monoisotopic (exact) mass is 531 g/mol. The third kappa shape index (κ3) is 5.15. The van der Waals surface area contributed by atoms with Crippen LogP contribution in [-0.2, 0) is 9.48 Å². The first-order valence-corrected chi connectivity index (χ1v) is 14.6. The minimum Gasteiger partial charge on any atom is -0.394 e. The standard InChI is InChI=1S/C26H37N5O5S/c1-17(15-32)27-25(33)28-20-6-4-19(5-7-20)24-29-22(14-23(30-24)31-12-13-36-16-18(31)2)26(10-3-11-26)37(34,35)21-8-9-21/h4-7,14,17-18,21,32,34-35H,3,8-13,15-16H2,1-2H3,(H2,27,28,33)/t17-,18+/m1/s1. The number of rotatable bonds is 8. The first-order chi connectivity index (χ1) is 17.7. The fraction of sp³-hybridized carbons (Fsp3) is 0.577. The van der Waals surface area contributed by atoms with Crippen LogP contribution in [0.2, 0.25) is 0 Å². The number of benzene rings is 1. The van der Waals surface area contributed by atoms with Crippen LogP contribution in [0.4, 0.5) is 16.3 Å².